The fourth-order valence-corrected chi connectivity index (χ4v) is 2.57. The number of thioether (sulfide) groups is 1. The third kappa shape index (κ3) is 2.37. The van der Waals surface area contributed by atoms with E-state index in [1.54, 1.807) is 6.20 Å². The van der Waals surface area contributed by atoms with Gasteiger partial charge in [-0.2, -0.15) is 4.98 Å². The van der Waals surface area contributed by atoms with E-state index in [1.165, 1.54) is 23.1 Å². The number of hydrogen-bond acceptors (Lipinski definition) is 6. The topological polar surface area (TPSA) is 80.5 Å². The van der Waals surface area contributed by atoms with Crippen LogP contribution in [-0.2, 0) is 5.75 Å². The highest BCUT2D eigenvalue weighted by molar-refractivity contribution is 7.98. The van der Waals surface area contributed by atoms with Crippen molar-refractivity contribution in [3.05, 3.63) is 15.5 Å². The van der Waals surface area contributed by atoms with E-state index >= 15 is 0 Å². The van der Waals surface area contributed by atoms with Crippen molar-refractivity contribution in [2.45, 2.75) is 10.9 Å². The van der Waals surface area contributed by atoms with Gasteiger partial charge in [0.2, 0.25) is 11.1 Å². The van der Waals surface area contributed by atoms with Crippen LogP contribution >= 0.6 is 34.7 Å². The molecule has 0 bridgehead atoms. The van der Waals surface area contributed by atoms with Gasteiger partial charge in [-0.3, -0.25) is 0 Å². The summed E-state index contributed by atoms with van der Waals surface area (Å²) in [5.41, 5.74) is 5.38. The van der Waals surface area contributed by atoms with E-state index in [1.807, 2.05) is 0 Å². The molecular formula is C6H6ClN5S2. The normalized spacial score (nSPS) is 10.6. The van der Waals surface area contributed by atoms with Crippen LogP contribution in [-0.4, -0.2) is 20.2 Å². The molecular weight excluding hydrogens is 242 g/mol. The molecule has 0 aliphatic rings. The van der Waals surface area contributed by atoms with E-state index in [0.717, 1.165) is 5.01 Å². The molecule has 0 unspecified atom stereocenters. The van der Waals surface area contributed by atoms with Gasteiger partial charge in [0.25, 0.3) is 0 Å². The Hall–Kier alpha value is -0.790. The Kier molecular flexibility index (Phi) is 2.90. The quantitative estimate of drug-likeness (QED) is 0.809. The Morgan fingerprint density at radius 3 is 3.07 bits per heavy atom. The maximum absolute atomic E-state index is 5.74. The Balaban J connectivity index is 1.94. The fraction of sp³-hybridized carbons (Fsp3) is 0.167. The van der Waals surface area contributed by atoms with Crippen LogP contribution in [0.2, 0.25) is 4.34 Å². The lowest BCUT2D eigenvalue weighted by atomic mass is 10.8. The number of anilines is 1. The van der Waals surface area contributed by atoms with Crippen LogP contribution in [0, 0.1) is 0 Å². The molecule has 0 atom stereocenters. The first kappa shape index (κ1) is 9.75. The lowest BCUT2D eigenvalue weighted by Gasteiger charge is -1.90. The highest BCUT2D eigenvalue weighted by Gasteiger charge is 2.04. The van der Waals surface area contributed by atoms with Crippen molar-refractivity contribution in [2.24, 2.45) is 0 Å². The fourth-order valence-electron chi connectivity index (χ4n) is 0.804. The minimum Gasteiger partial charge on any atom is -0.368 e. The Bertz CT molecular complexity index is 385. The number of halogens is 1. The number of rotatable bonds is 3. The highest BCUT2D eigenvalue weighted by atomic mass is 35.5. The summed E-state index contributed by atoms with van der Waals surface area (Å²) in [5, 5.41) is 8.01. The zero-order valence-corrected chi connectivity index (χ0v) is 9.29. The first-order valence-electron chi connectivity index (χ1n) is 3.65. The van der Waals surface area contributed by atoms with E-state index in [9.17, 15) is 0 Å². The van der Waals surface area contributed by atoms with Crippen molar-refractivity contribution in [3.63, 3.8) is 0 Å². The summed E-state index contributed by atoms with van der Waals surface area (Å²) in [5.74, 6) is 1.03. The predicted molar refractivity (Wildman–Crippen MR) is 57.5 cm³/mol. The zero-order chi connectivity index (χ0) is 9.97. The molecule has 0 aliphatic carbocycles. The molecule has 0 saturated heterocycles. The van der Waals surface area contributed by atoms with Gasteiger partial charge in [-0.15, -0.1) is 16.4 Å². The van der Waals surface area contributed by atoms with E-state index in [0.29, 0.717) is 21.2 Å². The van der Waals surface area contributed by atoms with Crippen LogP contribution in [0.4, 0.5) is 5.95 Å². The maximum Gasteiger partial charge on any atom is 0.216 e. The second-order valence-electron chi connectivity index (χ2n) is 2.35. The highest BCUT2D eigenvalue weighted by Crippen LogP contribution is 2.24. The molecule has 74 valence electrons. The number of H-pyrrole nitrogens is 1. The molecule has 0 spiro atoms. The van der Waals surface area contributed by atoms with Crippen molar-refractivity contribution < 1.29 is 0 Å². The van der Waals surface area contributed by atoms with Gasteiger partial charge in [-0.25, -0.2) is 10.1 Å². The smallest absolute Gasteiger partial charge is 0.216 e. The van der Waals surface area contributed by atoms with Crippen molar-refractivity contribution in [1.82, 2.24) is 20.2 Å². The van der Waals surface area contributed by atoms with Gasteiger partial charge in [0.05, 0.1) is 11.9 Å². The SMILES string of the molecule is Nc1nc(SCc2ncc(Cl)s2)n[nH]1. The van der Waals surface area contributed by atoms with Crippen molar-refractivity contribution >= 4 is 40.6 Å². The molecule has 2 aromatic heterocycles. The number of nitrogens with zero attached hydrogens (tertiary/aromatic N) is 3. The van der Waals surface area contributed by atoms with Gasteiger partial charge in [0.1, 0.15) is 9.34 Å². The van der Waals surface area contributed by atoms with Gasteiger partial charge in [-0.1, -0.05) is 23.4 Å². The number of nitrogens with two attached hydrogens (primary N) is 1. The Morgan fingerprint density at radius 1 is 1.64 bits per heavy atom. The average Bonchev–Trinajstić information content (AvgIpc) is 2.72. The predicted octanol–water partition coefficient (Wildman–Crippen LogP) is 1.79. The summed E-state index contributed by atoms with van der Waals surface area (Å²) in [7, 11) is 0. The molecule has 5 nitrogen and oxygen atoms in total. The molecule has 3 N–H and O–H groups in total. The van der Waals surface area contributed by atoms with Gasteiger partial charge in [-0.05, 0) is 0 Å². The Labute approximate surface area is 93.1 Å². The first-order chi connectivity index (χ1) is 6.74. The third-order valence-electron chi connectivity index (χ3n) is 1.33. The van der Waals surface area contributed by atoms with Crippen molar-refractivity contribution in [2.75, 3.05) is 5.73 Å². The molecule has 2 heterocycles. The van der Waals surface area contributed by atoms with Gasteiger partial charge < -0.3 is 5.73 Å². The van der Waals surface area contributed by atoms with Crippen LogP contribution in [0.1, 0.15) is 5.01 Å². The standard InChI is InChI=1S/C6H6ClN5S2/c7-3-1-9-4(14-3)2-13-6-10-5(8)11-12-6/h1H,2H2,(H3,8,10,11,12). The summed E-state index contributed by atoms with van der Waals surface area (Å²) in [4.78, 5) is 8.06. The van der Waals surface area contributed by atoms with Crippen molar-refractivity contribution in [1.29, 1.82) is 0 Å². The number of thiazole rings is 1. The maximum atomic E-state index is 5.74. The number of aromatic nitrogens is 4. The number of hydrogen-bond donors (Lipinski definition) is 2. The minimum absolute atomic E-state index is 0.324. The van der Waals surface area contributed by atoms with Crippen LogP contribution in [0.15, 0.2) is 11.4 Å². The van der Waals surface area contributed by atoms with Gasteiger partial charge in [0, 0.05) is 0 Å². The lowest BCUT2D eigenvalue weighted by Crippen LogP contribution is -1.85. The summed E-state index contributed by atoms with van der Waals surface area (Å²) in [6, 6.07) is 0. The molecule has 2 rings (SSSR count). The number of nitrogen functional groups attached to an aromatic ring is 1. The minimum atomic E-state index is 0.324. The van der Waals surface area contributed by atoms with Crippen LogP contribution < -0.4 is 5.73 Å². The third-order valence-corrected chi connectivity index (χ3v) is 3.49. The van der Waals surface area contributed by atoms with Crippen LogP contribution in [0.25, 0.3) is 0 Å². The van der Waals surface area contributed by atoms with Crippen molar-refractivity contribution in [3.8, 4) is 0 Å². The summed E-state index contributed by atoms with van der Waals surface area (Å²) >= 11 is 8.65. The second-order valence-corrected chi connectivity index (χ2v) is 5.04. The van der Waals surface area contributed by atoms with Crippen LogP contribution in [0.3, 0.4) is 0 Å². The lowest BCUT2D eigenvalue weighted by molar-refractivity contribution is 0.973. The van der Waals surface area contributed by atoms with E-state index in [2.05, 4.69) is 20.2 Å². The molecule has 0 saturated carbocycles. The molecule has 0 aliphatic heterocycles. The molecule has 0 fully saturated rings. The monoisotopic (exact) mass is 247 g/mol. The summed E-state index contributed by atoms with van der Waals surface area (Å²) < 4.78 is 0.690. The molecule has 0 aromatic carbocycles. The first-order valence-corrected chi connectivity index (χ1v) is 5.83. The summed E-state index contributed by atoms with van der Waals surface area (Å²) in [6.07, 6.45) is 1.63. The Morgan fingerprint density at radius 2 is 2.50 bits per heavy atom. The summed E-state index contributed by atoms with van der Waals surface area (Å²) in [6.45, 7) is 0. The molecule has 8 heteroatoms. The van der Waals surface area contributed by atoms with Gasteiger partial charge in [0.15, 0.2) is 0 Å². The average molecular weight is 248 g/mol. The van der Waals surface area contributed by atoms with Gasteiger partial charge >= 0.3 is 0 Å². The van der Waals surface area contributed by atoms with E-state index in [-0.39, 0.29) is 0 Å². The molecule has 0 amide bonds. The molecule has 2 aromatic rings. The number of nitrogens with one attached hydrogen (secondary N) is 1. The van der Waals surface area contributed by atoms with E-state index in [4.69, 9.17) is 17.3 Å². The number of aromatic amines is 1. The van der Waals surface area contributed by atoms with E-state index < -0.39 is 0 Å². The second kappa shape index (κ2) is 4.16. The molecule has 14 heavy (non-hydrogen) atoms. The van der Waals surface area contributed by atoms with Crippen LogP contribution in [0.5, 0.6) is 0 Å². The largest absolute Gasteiger partial charge is 0.368 e. The zero-order valence-electron chi connectivity index (χ0n) is 6.90. The molecule has 0 radical (unpaired) electrons.